The Balaban J connectivity index is 4.57. The number of carbonyl (C=O) groups is 2. The van der Waals surface area contributed by atoms with Crippen molar-refractivity contribution in [3.8, 4) is 0 Å². The van der Waals surface area contributed by atoms with Crippen LogP contribution in [0, 0.1) is 0 Å². The molecular formula is C12H21O8P. The minimum Gasteiger partial charge on any atom is -0.462 e. The summed E-state index contributed by atoms with van der Waals surface area (Å²) in [4.78, 5) is 31.8. The molecule has 8 nitrogen and oxygen atoms in total. The van der Waals surface area contributed by atoms with Crippen molar-refractivity contribution in [1.82, 2.24) is 0 Å². The number of hydrogen-bond acceptors (Lipinski definition) is 7. The van der Waals surface area contributed by atoms with E-state index in [-0.39, 0.29) is 25.2 Å². The predicted octanol–water partition coefficient (Wildman–Crippen LogP) is 1.58. The molecule has 0 aliphatic heterocycles. The lowest BCUT2D eigenvalue weighted by atomic mass is 10.3. The van der Waals surface area contributed by atoms with Gasteiger partial charge in [-0.05, 0) is 13.8 Å². The second-order valence-electron chi connectivity index (χ2n) is 4.03. The van der Waals surface area contributed by atoms with Gasteiger partial charge < -0.3 is 14.4 Å². The van der Waals surface area contributed by atoms with Crippen LogP contribution in [0.3, 0.4) is 0 Å². The van der Waals surface area contributed by atoms with E-state index in [1.54, 1.807) is 6.92 Å². The van der Waals surface area contributed by atoms with E-state index in [0.29, 0.717) is 0 Å². The van der Waals surface area contributed by atoms with E-state index in [2.05, 4.69) is 15.6 Å². The third-order valence-corrected chi connectivity index (χ3v) is 3.12. The van der Waals surface area contributed by atoms with Gasteiger partial charge in [-0.15, -0.1) is 0 Å². The van der Waals surface area contributed by atoms with Gasteiger partial charge >= 0.3 is 19.8 Å². The lowest BCUT2D eigenvalue weighted by Crippen LogP contribution is -2.29. The maximum absolute atomic E-state index is 11.4. The average molecular weight is 324 g/mol. The Morgan fingerprint density at radius 3 is 2.33 bits per heavy atom. The zero-order chi connectivity index (χ0) is 16.5. The smallest absolute Gasteiger partial charge is 0.462 e. The largest absolute Gasteiger partial charge is 0.472 e. The number of hydrogen-bond donors (Lipinski definition) is 1. The van der Waals surface area contributed by atoms with Crippen LogP contribution in [0.4, 0.5) is 0 Å². The van der Waals surface area contributed by atoms with Gasteiger partial charge in [-0.1, -0.05) is 13.5 Å². The highest BCUT2D eigenvalue weighted by Crippen LogP contribution is 2.43. The van der Waals surface area contributed by atoms with Crippen LogP contribution in [0.5, 0.6) is 0 Å². The van der Waals surface area contributed by atoms with E-state index in [4.69, 9.17) is 9.47 Å². The molecule has 9 heteroatoms. The first-order valence-corrected chi connectivity index (χ1v) is 7.85. The second kappa shape index (κ2) is 9.68. The van der Waals surface area contributed by atoms with E-state index < -0.39 is 32.5 Å². The van der Waals surface area contributed by atoms with Gasteiger partial charge in [-0.3, -0.25) is 13.8 Å². The van der Waals surface area contributed by atoms with Crippen molar-refractivity contribution in [1.29, 1.82) is 0 Å². The van der Waals surface area contributed by atoms with Gasteiger partial charge in [-0.25, -0.2) is 9.36 Å². The summed E-state index contributed by atoms with van der Waals surface area (Å²) in [6.07, 6.45) is -0.884. The summed E-state index contributed by atoms with van der Waals surface area (Å²) >= 11 is 0. The molecule has 0 aliphatic carbocycles. The number of rotatable bonds is 10. The number of carbonyl (C=O) groups excluding carboxylic acids is 2. The summed E-state index contributed by atoms with van der Waals surface area (Å²) in [6.45, 7) is 7.20. The fraction of sp³-hybridized carbons (Fsp3) is 0.667. The monoisotopic (exact) mass is 324 g/mol. The van der Waals surface area contributed by atoms with E-state index in [1.165, 1.54) is 13.8 Å². The van der Waals surface area contributed by atoms with Crippen molar-refractivity contribution in [3.05, 3.63) is 12.2 Å². The Morgan fingerprint density at radius 2 is 1.86 bits per heavy atom. The van der Waals surface area contributed by atoms with Gasteiger partial charge in [0.2, 0.25) is 0 Å². The van der Waals surface area contributed by atoms with Crippen molar-refractivity contribution >= 4 is 19.8 Å². The molecule has 0 heterocycles. The molecule has 122 valence electrons. The molecule has 0 aromatic heterocycles. The molecule has 0 aliphatic rings. The average Bonchev–Trinajstić information content (AvgIpc) is 2.40. The molecule has 0 spiro atoms. The Morgan fingerprint density at radius 1 is 1.24 bits per heavy atom. The summed E-state index contributed by atoms with van der Waals surface area (Å²) in [7, 11) is -4.22. The topological polar surface area (TPSA) is 108 Å². The van der Waals surface area contributed by atoms with Gasteiger partial charge in [0.1, 0.15) is 6.61 Å². The maximum atomic E-state index is 11.4. The Labute approximate surface area is 123 Å². The number of esters is 2. The number of ether oxygens (including phenoxy) is 2. The zero-order valence-corrected chi connectivity index (χ0v) is 13.3. The highest BCUT2D eigenvalue weighted by atomic mass is 31.2. The fourth-order valence-electron chi connectivity index (χ4n) is 1.03. The van der Waals surface area contributed by atoms with E-state index in [9.17, 15) is 19.0 Å². The van der Waals surface area contributed by atoms with Crippen LogP contribution in [0.15, 0.2) is 12.2 Å². The first-order valence-electron chi connectivity index (χ1n) is 6.35. The Hall–Kier alpha value is -1.21. The predicted molar refractivity (Wildman–Crippen MR) is 73.3 cm³/mol. The zero-order valence-electron chi connectivity index (χ0n) is 12.4. The van der Waals surface area contributed by atoms with Gasteiger partial charge in [-0.2, -0.15) is 0 Å². The van der Waals surface area contributed by atoms with Crippen molar-refractivity contribution in [2.45, 2.75) is 33.3 Å². The summed E-state index contributed by atoms with van der Waals surface area (Å²) in [5.41, 5.74) is 0.138. The lowest BCUT2D eigenvalue weighted by molar-refractivity contribution is -0.158. The van der Waals surface area contributed by atoms with Crippen molar-refractivity contribution < 1.29 is 37.6 Å². The van der Waals surface area contributed by atoms with Gasteiger partial charge in [0.15, 0.2) is 6.10 Å². The molecule has 0 rings (SSSR count). The van der Waals surface area contributed by atoms with Crippen molar-refractivity contribution in [2.75, 3.05) is 19.8 Å². The molecule has 0 aromatic rings. The molecule has 0 saturated heterocycles. The molecule has 0 radical (unpaired) electrons. The first kappa shape index (κ1) is 19.8. The highest BCUT2D eigenvalue weighted by Gasteiger charge is 2.25. The van der Waals surface area contributed by atoms with Crippen molar-refractivity contribution in [2.24, 2.45) is 0 Å². The quantitative estimate of drug-likeness (QED) is 0.366. The van der Waals surface area contributed by atoms with Crippen molar-refractivity contribution in [3.63, 3.8) is 0 Å². The van der Waals surface area contributed by atoms with Crippen LogP contribution in [0.25, 0.3) is 0 Å². The van der Waals surface area contributed by atoms with Crippen LogP contribution in [-0.4, -0.2) is 42.8 Å². The fourth-order valence-corrected chi connectivity index (χ4v) is 1.79. The van der Waals surface area contributed by atoms with Crippen LogP contribution in [-0.2, 0) is 32.7 Å². The molecule has 0 amide bonds. The first-order chi connectivity index (χ1) is 9.71. The third kappa shape index (κ3) is 9.36. The maximum Gasteiger partial charge on any atom is 0.472 e. The van der Waals surface area contributed by atoms with Gasteiger partial charge in [0.25, 0.3) is 0 Å². The summed E-state index contributed by atoms with van der Waals surface area (Å²) < 4.78 is 30.3. The van der Waals surface area contributed by atoms with Crippen LogP contribution < -0.4 is 0 Å². The van der Waals surface area contributed by atoms with Crippen LogP contribution in [0.1, 0.15) is 27.2 Å². The summed E-state index contributed by atoms with van der Waals surface area (Å²) in [5.74, 6) is -1.22. The van der Waals surface area contributed by atoms with Gasteiger partial charge in [0.05, 0.1) is 13.2 Å². The summed E-state index contributed by atoms with van der Waals surface area (Å²) in [6, 6.07) is 0. The van der Waals surface area contributed by atoms with Crippen LogP contribution in [0.2, 0.25) is 0 Å². The molecule has 2 atom stereocenters. The lowest BCUT2D eigenvalue weighted by Gasteiger charge is -2.19. The molecule has 0 saturated carbocycles. The highest BCUT2D eigenvalue weighted by molar-refractivity contribution is 7.47. The van der Waals surface area contributed by atoms with E-state index >= 15 is 0 Å². The minimum atomic E-state index is -4.22. The minimum absolute atomic E-state index is 0.0190. The Bertz CT molecular complexity index is 419. The molecule has 2 unspecified atom stereocenters. The standard InChI is InChI=1S/C12H21O8P/c1-5-11(13)17-7-10(20-12(14)9(3)4)8-19-21(15,16)18-6-2/h10H,3,5-8H2,1-2,4H3,(H,15,16). The van der Waals surface area contributed by atoms with E-state index in [1.807, 2.05) is 0 Å². The van der Waals surface area contributed by atoms with Crippen LogP contribution >= 0.6 is 7.82 Å². The van der Waals surface area contributed by atoms with E-state index in [0.717, 1.165) is 0 Å². The molecule has 0 bridgehead atoms. The third-order valence-electron chi connectivity index (χ3n) is 2.06. The number of phosphoric ester groups is 1. The molecule has 0 aromatic carbocycles. The molecule has 0 fully saturated rings. The number of phosphoric acid groups is 1. The second-order valence-corrected chi connectivity index (χ2v) is 5.48. The SMILES string of the molecule is C=C(C)C(=O)OC(COC(=O)CC)COP(=O)(O)OCC. The molecular weight excluding hydrogens is 303 g/mol. The Kier molecular flexibility index (Phi) is 9.12. The van der Waals surface area contributed by atoms with Gasteiger partial charge in [0, 0.05) is 12.0 Å². The molecule has 21 heavy (non-hydrogen) atoms. The molecule has 1 N–H and O–H groups in total. The summed E-state index contributed by atoms with van der Waals surface area (Å²) in [5, 5.41) is 0. The normalized spacial score (nSPS) is 14.9.